The molecule has 1 rings (SSSR count). The van der Waals surface area contributed by atoms with Gasteiger partial charge in [0, 0.05) is 6.04 Å². The maximum atomic E-state index is 8.67. The summed E-state index contributed by atoms with van der Waals surface area (Å²) in [5.74, 6) is 0. The van der Waals surface area contributed by atoms with E-state index in [1.165, 1.54) is 0 Å². The monoisotopic (exact) mass is 103 g/mol. The Hall–Kier alpha value is -0.120. The zero-order valence-electron chi connectivity index (χ0n) is 4.13. The molecule has 3 nitrogen and oxygen atoms in total. The van der Waals surface area contributed by atoms with Crippen LogP contribution < -0.4 is 5.32 Å². The molecule has 0 amide bonds. The third-order valence-electron chi connectivity index (χ3n) is 1.27. The molecule has 7 heavy (non-hydrogen) atoms. The smallest absolute Gasteiger partial charge is 0.132 e. The summed E-state index contributed by atoms with van der Waals surface area (Å²) in [5, 5.41) is 19.9. The van der Waals surface area contributed by atoms with Crippen molar-refractivity contribution >= 4 is 0 Å². The first-order chi connectivity index (χ1) is 3.22. The molecule has 3 heteroatoms. The van der Waals surface area contributed by atoms with E-state index in [2.05, 4.69) is 5.32 Å². The van der Waals surface area contributed by atoms with Crippen LogP contribution in [-0.2, 0) is 0 Å². The SMILES string of the molecule is CC1NC(O)[C@@H]1O. The summed E-state index contributed by atoms with van der Waals surface area (Å²) in [6.07, 6.45) is -1.24. The minimum atomic E-state index is -0.685. The predicted molar refractivity (Wildman–Crippen MR) is 24.6 cm³/mol. The fourth-order valence-electron chi connectivity index (χ4n) is 0.621. The minimum absolute atomic E-state index is 0.0648. The van der Waals surface area contributed by atoms with Gasteiger partial charge in [0.1, 0.15) is 12.3 Å². The number of aliphatic hydroxyl groups excluding tert-OH is 2. The standard InChI is InChI=1S/C4H9NO2/c1-2-3(6)4(7)5-2/h2-7H,1H3/t2?,3-,4?/m1/s1. The highest BCUT2D eigenvalue weighted by Crippen LogP contribution is 2.07. The van der Waals surface area contributed by atoms with Crippen molar-refractivity contribution in [2.24, 2.45) is 0 Å². The lowest BCUT2D eigenvalue weighted by Crippen LogP contribution is -2.63. The van der Waals surface area contributed by atoms with Crippen LogP contribution in [0.3, 0.4) is 0 Å². The van der Waals surface area contributed by atoms with Crippen molar-refractivity contribution in [3.05, 3.63) is 0 Å². The Bertz CT molecular complexity index is 68.1. The lowest BCUT2D eigenvalue weighted by molar-refractivity contribution is -0.0948. The van der Waals surface area contributed by atoms with E-state index in [1.807, 2.05) is 6.92 Å². The van der Waals surface area contributed by atoms with Gasteiger partial charge in [0.2, 0.25) is 0 Å². The van der Waals surface area contributed by atoms with E-state index < -0.39 is 12.3 Å². The van der Waals surface area contributed by atoms with E-state index in [4.69, 9.17) is 10.2 Å². The fourth-order valence-corrected chi connectivity index (χ4v) is 0.621. The van der Waals surface area contributed by atoms with Gasteiger partial charge in [-0.2, -0.15) is 0 Å². The maximum Gasteiger partial charge on any atom is 0.132 e. The van der Waals surface area contributed by atoms with Crippen LogP contribution in [0.5, 0.6) is 0 Å². The Morgan fingerprint density at radius 2 is 2.00 bits per heavy atom. The summed E-state index contributed by atoms with van der Waals surface area (Å²) in [6.45, 7) is 1.82. The zero-order chi connectivity index (χ0) is 5.44. The second-order valence-corrected chi connectivity index (χ2v) is 1.89. The Morgan fingerprint density at radius 3 is 2.00 bits per heavy atom. The maximum absolute atomic E-state index is 8.67. The summed E-state index contributed by atoms with van der Waals surface area (Å²) in [6, 6.07) is 0.0648. The summed E-state index contributed by atoms with van der Waals surface area (Å²) in [5.41, 5.74) is 0. The minimum Gasteiger partial charge on any atom is -0.387 e. The molecule has 0 spiro atoms. The van der Waals surface area contributed by atoms with Gasteiger partial charge in [0.25, 0.3) is 0 Å². The quantitative estimate of drug-likeness (QED) is 0.355. The van der Waals surface area contributed by atoms with E-state index in [-0.39, 0.29) is 6.04 Å². The molecule has 0 aromatic carbocycles. The van der Waals surface area contributed by atoms with Crippen LogP contribution in [0.25, 0.3) is 0 Å². The first kappa shape index (κ1) is 5.03. The van der Waals surface area contributed by atoms with Gasteiger partial charge < -0.3 is 10.2 Å². The van der Waals surface area contributed by atoms with Gasteiger partial charge in [-0.15, -0.1) is 0 Å². The van der Waals surface area contributed by atoms with Gasteiger partial charge >= 0.3 is 0 Å². The average Bonchev–Trinajstić information content (AvgIpc) is 1.68. The number of hydrogen-bond donors (Lipinski definition) is 3. The summed E-state index contributed by atoms with van der Waals surface area (Å²) < 4.78 is 0. The lowest BCUT2D eigenvalue weighted by atomic mass is 10.0. The van der Waals surface area contributed by atoms with Gasteiger partial charge in [-0.25, -0.2) is 0 Å². The second kappa shape index (κ2) is 1.43. The van der Waals surface area contributed by atoms with E-state index >= 15 is 0 Å². The second-order valence-electron chi connectivity index (χ2n) is 1.89. The molecule has 1 aliphatic heterocycles. The van der Waals surface area contributed by atoms with Crippen molar-refractivity contribution in [1.29, 1.82) is 0 Å². The van der Waals surface area contributed by atoms with Crippen LogP contribution >= 0.6 is 0 Å². The van der Waals surface area contributed by atoms with Gasteiger partial charge in [-0.1, -0.05) is 0 Å². The Balaban J connectivity index is 2.29. The molecule has 1 fully saturated rings. The van der Waals surface area contributed by atoms with E-state index in [9.17, 15) is 0 Å². The molecule has 0 radical (unpaired) electrons. The summed E-state index contributed by atoms with van der Waals surface area (Å²) in [7, 11) is 0. The predicted octanol–water partition coefficient (Wildman–Crippen LogP) is -1.34. The van der Waals surface area contributed by atoms with Crippen molar-refractivity contribution in [2.45, 2.75) is 25.3 Å². The molecule has 42 valence electrons. The van der Waals surface area contributed by atoms with Gasteiger partial charge in [-0.05, 0) is 6.92 Å². The number of nitrogens with one attached hydrogen (secondary N) is 1. The molecule has 0 saturated carbocycles. The average molecular weight is 103 g/mol. The number of aliphatic hydroxyl groups is 2. The third-order valence-corrected chi connectivity index (χ3v) is 1.27. The van der Waals surface area contributed by atoms with Gasteiger partial charge in [0.05, 0.1) is 0 Å². The van der Waals surface area contributed by atoms with E-state index in [0.29, 0.717) is 0 Å². The van der Waals surface area contributed by atoms with Crippen LogP contribution in [0.1, 0.15) is 6.92 Å². The zero-order valence-corrected chi connectivity index (χ0v) is 4.13. The molecule has 0 bridgehead atoms. The molecular weight excluding hydrogens is 94.0 g/mol. The fraction of sp³-hybridized carbons (Fsp3) is 1.00. The molecule has 3 atom stereocenters. The van der Waals surface area contributed by atoms with Crippen molar-refractivity contribution < 1.29 is 10.2 Å². The molecular formula is C4H9NO2. The molecule has 3 N–H and O–H groups in total. The molecule has 1 saturated heterocycles. The van der Waals surface area contributed by atoms with Crippen LogP contribution in [0.15, 0.2) is 0 Å². The molecule has 0 aliphatic carbocycles. The molecule has 0 aromatic heterocycles. The largest absolute Gasteiger partial charge is 0.387 e. The first-order valence-electron chi connectivity index (χ1n) is 2.34. The highest BCUT2D eigenvalue weighted by Gasteiger charge is 2.33. The lowest BCUT2D eigenvalue weighted by Gasteiger charge is -2.36. The number of rotatable bonds is 0. The summed E-state index contributed by atoms with van der Waals surface area (Å²) in [4.78, 5) is 0. The molecule has 2 unspecified atom stereocenters. The molecule has 1 aliphatic rings. The van der Waals surface area contributed by atoms with Crippen molar-refractivity contribution in [2.75, 3.05) is 0 Å². The number of hydrogen-bond acceptors (Lipinski definition) is 3. The van der Waals surface area contributed by atoms with Crippen LogP contribution in [0, 0.1) is 0 Å². The van der Waals surface area contributed by atoms with Gasteiger partial charge in [-0.3, -0.25) is 5.32 Å². The Labute approximate surface area is 42.0 Å². The topological polar surface area (TPSA) is 52.5 Å². The van der Waals surface area contributed by atoms with E-state index in [1.54, 1.807) is 0 Å². The van der Waals surface area contributed by atoms with Crippen LogP contribution in [0.4, 0.5) is 0 Å². The molecule has 0 aromatic rings. The van der Waals surface area contributed by atoms with E-state index in [0.717, 1.165) is 0 Å². The van der Waals surface area contributed by atoms with Crippen molar-refractivity contribution in [1.82, 2.24) is 5.32 Å². The highest BCUT2D eigenvalue weighted by molar-refractivity contribution is 4.87. The molecule has 1 heterocycles. The van der Waals surface area contributed by atoms with Crippen LogP contribution in [-0.4, -0.2) is 28.6 Å². The Morgan fingerprint density at radius 1 is 1.43 bits per heavy atom. The van der Waals surface area contributed by atoms with Crippen molar-refractivity contribution in [3.8, 4) is 0 Å². The van der Waals surface area contributed by atoms with Gasteiger partial charge in [0.15, 0.2) is 0 Å². The Kier molecular flexibility index (Phi) is 1.03. The van der Waals surface area contributed by atoms with Crippen LogP contribution in [0.2, 0.25) is 0 Å². The first-order valence-corrected chi connectivity index (χ1v) is 2.34. The highest BCUT2D eigenvalue weighted by atomic mass is 16.4. The normalized spacial score (nSPS) is 51.0. The summed E-state index contributed by atoms with van der Waals surface area (Å²) >= 11 is 0. The van der Waals surface area contributed by atoms with Crippen molar-refractivity contribution in [3.63, 3.8) is 0 Å². The third kappa shape index (κ3) is 0.627.